The quantitative estimate of drug-likeness (QED) is 0.482. The zero-order chi connectivity index (χ0) is 20.4. The van der Waals surface area contributed by atoms with Crippen LogP contribution in [0, 0.1) is 11.8 Å². The van der Waals surface area contributed by atoms with Crippen molar-refractivity contribution in [2.75, 3.05) is 32.1 Å². The molecular formula is C22H36N4O2. The van der Waals surface area contributed by atoms with Crippen molar-refractivity contribution in [3.8, 4) is 5.75 Å². The van der Waals surface area contributed by atoms with Crippen LogP contribution in [0.3, 0.4) is 0 Å². The van der Waals surface area contributed by atoms with Crippen LogP contribution in [0.15, 0.2) is 29.3 Å². The molecule has 0 spiro atoms. The highest BCUT2D eigenvalue weighted by Crippen LogP contribution is 2.21. The van der Waals surface area contributed by atoms with Gasteiger partial charge >= 0.3 is 6.03 Å². The van der Waals surface area contributed by atoms with Crippen molar-refractivity contribution in [1.29, 1.82) is 0 Å². The number of hydrogen-bond acceptors (Lipinski definition) is 3. The van der Waals surface area contributed by atoms with Gasteiger partial charge in [0.1, 0.15) is 11.6 Å². The summed E-state index contributed by atoms with van der Waals surface area (Å²) in [5.41, 5.74) is 6.86. The number of anilines is 1. The van der Waals surface area contributed by atoms with Gasteiger partial charge in [-0.3, -0.25) is 0 Å². The van der Waals surface area contributed by atoms with E-state index in [2.05, 4.69) is 29.1 Å². The number of ether oxygens (including phenoxy) is 1. The number of urea groups is 1. The van der Waals surface area contributed by atoms with E-state index in [1.165, 1.54) is 25.7 Å². The summed E-state index contributed by atoms with van der Waals surface area (Å²) in [5, 5.41) is 2.76. The lowest BCUT2D eigenvalue weighted by Crippen LogP contribution is -2.42. The third-order valence-electron chi connectivity index (χ3n) is 5.62. The Kier molecular flexibility index (Phi) is 9.28. The molecule has 1 heterocycles. The molecule has 1 aromatic carbocycles. The first-order valence-electron chi connectivity index (χ1n) is 10.6. The molecule has 2 atom stereocenters. The minimum absolute atomic E-state index is 0.154. The maximum atomic E-state index is 12.2. The van der Waals surface area contributed by atoms with E-state index in [0.29, 0.717) is 11.5 Å². The number of rotatable bonds is 9. The van der Waals surface area contributed by atoms with Crippen LogP contribution in [-0.2, 0) is 0 Å². The van der Waals surface area contributed by atoms with E-state index in [1.807, 2.05) is 0 Å². The summed E-state index contributed by atoms with van der Waals surface area (Å²) in [6, 6.07) is 6.73. The Morgan fingerprint density at radius 2 is 2.07 bits per heavy atom. The number of carbonyl (C=O) groups excluding carboxylic acids is 1. The van der Waals surface area contributed by atoms with Crippen LogP contribution in [0.2, 0.25) is 0 Å². The van der Waals surface area contributed by atoms with Gasteiger partial charge in [-0.25, -0.2) is 4.79 Å². The first-order chi connectivity index (χ1) is 13.5. The standard InChI is InChI=1S/C22H36N4O2/c1-4-7-17(5-2)13-15-26-14-6-8-18(16-26)21(23)25-22(27)24-19-9-11-20(28-3)12-10-19/h9-12,17-18H,4-8,13-16H2,1-3H3,(H3,23,24,25,27)/t17?,18-/m0/s1. The number of nitrogens with two attached hydrogens (primary N) is 1. The maximum absolute atomic E-state index is 12.2. The molecule has 0 radical (unpaired) electrons. The van der Waals surface area contributed by atoms with Crippen molar-refractivity contribution in [1.82, 2.24) is 4.90 Å². The van der Waals surface area contributed by atoms with Gasteiger partial charge in [-0.15, -0.1) is 0 Å². The molecule has 0 bridgehead atoms. The number of piperidine rings is 1. The van der Waals surface area contributed by atoms with Crippen LogP contribution >= 0.6 is 0 Å². The van der Waals surface area contributed by atoms with E-state index >= 15 is 0 Å². The lowest BCUT2D eigenvalue weighted by atomic mass is 9.94. The third-order valence-corrected chi connectivity index (χ3v) is 5.62. The molecule has 1 aliphatic rings. The van der Waals surface area contributed by atoms with E-state index < -0.39 is 6.03 Å². The average molecular weight is 389 g/mol. The van der Waals surface area contributed by atoms with Crippen LogP contribution in [0.1, 0.15) is 52.4 Å². The third kappa shape index (κ3) is 7.15. The fourth-order valence-corrected chi connectivity index (χ4v) is 3.86. The van der Waals surface area contributed by atoms with Gasteiger partial charge < -0.3 is 20.7 Å². The number of methoxy groups -OCH3 is 1. The van der Waals surface area contributed by atoms with Gasteiger partial charge in [0.25, 0.3) is 0 Å². The Balaban J connectivity index is 1.85. The number of likely N-dealkylation sites (tertiary alicyclic amines) is 1. The Morgan fingerprint density at radius 1 is 1.32 bits per heavy atom. The van der Waals surface area contributed by atoms with Crippen LogP contribution < -0.4 is 15.8 Å². The number of hydrogen-bond donors (Lipinski definition) is 2. The molecule has 1 aromatic rings. The van der Waals surface area contributed by atoms with Crippen molar-refractivity contribution in [2.45, 2.75) is 52.4 Å². The number of amidine groups is 1. The molecule has 0 aliphatic carbocycles. The average Bonchev–Trinajstić information content (AvgIpc) is 2.71. The highest BCUT2D eigenvalue weighted by Gasteiger charge is 2.23. The smallest absolute Gasteiger partial charge is 0.347 e. The topological polar surface area (TPSA) is 80.0 Å². The van der Waals surface area contributed by atoms with E-state index in [0.717, 1.165) is 44.1 Å². The zero-order valence-corrected chi connectivity index (χ0v) is 17.6. The van der Waals surface area contributed by atoms with Crippen LogP contribution in [-0.4, -0.2) is 43.5 Å². The van der Waals surface area contributed by atoms with E-state index in [9.17, 15) is 4.79 Å². The van der Waals surface area contributed by atoms with Crippen molar-refractivity contribution < 1.29 is 9.53 Å². The van der Waals surface area contributed by atoms with Gasteiger partial charge in [0.2, 0.25) is 0 Å². The van der Waals surface area contributed by atoms with E-state index in [4.69, 9.17) is 10.5 Å². The highest BCUT2D eigenvalue weighted by atomic mass is 16.5. The van der Waals surface area contributed by atoms with Gasteiger partial charge in [-0.1, -0.05) is 33.1 Å². The minimum atomic E-state index is -0.422. The second kappa shape index (κ2) is 11.7. The molecule has 1 aliphatic heterocycles. The monoisotopic (exact) mass is 388 g/mol. The molecule has 6 heteroatoms. The molecule has 28 heavy (non-hydrogen) atoms. The SMILES string of the molecule is CCCC(CC)CCN1CCC[C@H](/C(N)=N/C(=O)Nc2ccc(OC)cc2)C1. The molecule has 0 aromatic heterocycles. The Hall–Kier alpha value is -2.08. The Labute approximate surface area is 169 Å². The van der Waals surface area contributed by atoms with Gasteiger partial charge in [0.15, 0.2) is 0 Å². The van der Waals surface area contributed by atoms with Crippen LogP contribution in [0.5, 0.6) is 5.75 Å². The second-order valence-corrected chi connectivity index (χ2v) is 7.69. The molecule has 1 unspecified atom stereocenters. The summed E-state index contributed by atoms with van der Waals surface area (Å²) in [6.07, 6.45) is 7.15. The van der Waals surface area contributed by atoms with Crippen molar-refractivity contribution >= 4 is 17.6 Å². The summed E-state index contributed by atoms with van der Waals surface area (Å²) < 4.78 is 5.12. The summed E-state index contributed by atoms with van der Waals surface area (Å²) in [5.74, 6) is 2.15. The van der Waals surface area contributed by atoms with E-state index in [1.54, 1.807) is 31.4 Å². The summed E-state index contributed by atoms with van der Waals surface area (Å²) in [7, 11) is 1.61. The molecule has 156 valence electrons. The van der Waals surface area contributed by atoms with E-state index in [-0.39, 0.29) is 5.92 Å². The van der Waals surface area contributed by atoms with Crippen molar-refractivity contribution in [2.24, 2.45) is 22.6 Å². The highest BCUT2D eigenvalue weighted by molar-refractivity contribution is 6.00. The number of amides is 2. The van der Waals surface area contributed by atoms with Crippen molar-refractivity contribution in [3.05, 3.63) is 24.3 Å². The lowest BCUT2D eigenvalue weighted by Gasteiger charge is -2.33. The fourth-order valence-electron chi connectivity index (χ4n) is 3.86. The number of benzene rings is 1. The number of nitrogens with zero attached hydrogens (tertiary/aromatic N) is 2. The summed E-state index contributed by atoms with van der Waals surface area (Å²) in [6.45, 7) is 7.66. The largest absolute Gasteiger partial charge is 0.497 e. The van der Waals surface area contributed by atoms with Crippen LogP contribution in [0.25, 0.3) is 0 Å². The second-order valence-electron chi connectivity index (χ2n) is 7.69. The van der Waals surface area contributed by atoms with Crippen molar-refractivity contribution in [3.63, 3.8) is 0 Å². The predicted octanol–water partition coefficient (Wildman–Crippen LogP) is 4.51. The molecular weight excluding hydrogens is 352 g/mol. The molecule has 2 amide bonds. The van der Waals surface area contributed by atoms with Gasteiger partial charge in [0, 0.05) is 18.2 Å². The number of nitrogens with one attached hydrogen (secondary N) is 1. The maximum Gasteiger partial charge on any atom is 0.347 e. The predicted molar refractivity (Wildman–Crippen MR) is 116 cm³/mol. The van der Waals surface area contributed by atoms with Gasteiger partial charge in [0.05, 0.1) is 7.11 Å². The molecule has 3 N–H and O–H groups in total. The number of carbonyl (C=O) groups is 1. The first-order valence-corrected chi connectivity index (χ1v) is 10.6. The molecule has 2 rings (SSSR count). The minimum Gasteiger partial charge on any atom is -0.497 e. The first kappa shape index (κ1) is 22.2. The zero-order valence-electron chi connectivity index (χ0n) is 17.6. The molecule has 1 fully saturated rings. The van der Waals surface area contributed by atoms with Gasteiger partial charge in [-0.2, -0.15) is 4.99 Å². The lowest BCUT2D eigenvalue weighted by molar-refractivity contribution is 0.188. The Morgan fingerprint density at radius 3 is 2.71 bits per heavy atom. The summed E-state index contributed by atoms with van der Waals surface area (Å²) in [4.78, 5) is 18.8. The normalized spacial score (nSPS) is 19.2. The molecule has 1 saturated heterocycles. The molecule has 6 nitrogen and oxygen atoms in total. The fraction of sp³-hybridized carbons (Fsp3) is 0.636. The van der Waals surface area contributed by atoms with Crippen LogP contribution in [0.4, 0.5) is 10.5 Å². The number of aliphatic imine (C=N–C) groups is 1. The summed E-state index contributed by atoms with van der Waals surface area (Å²) >= 11 is 0. The van der Waals surface area contributed by atoms with Gasteiger partial charge in [-0.05, 0) is 62.5 Å². The Bertz CT molecular complexity index is 630. The molecule has 0 saturated carbocycles.